The molecule has 0 saturated carbocycles. The summed E-state index contributed by atoms with van der Waals surface area (Å²) in [4.78, 5) is 21.7. The standard InChI is InChI=1S/C15H28O2.C12H22O2/c1-3-5-6-7-8-9-10-11-12-13-14-17-15(16)4-2;1-10(2)8-6-5-7-9-14-12(13)11(3)4/h4H,2-3,5-14H2,1H3;10H,3,5-9H2,1-2,4H3. The second kappa shape index (κ2) is 24.7. The van der Waals surface area contributed by atoms with E-state index >= 15 is 0 Å². The minimum absolute atomic E-state index is 0.270. The average Bonchev–Trinajstić information content (AvgIpc) is 2.74. The Hall–Kier alpha value is -1.58. The lowest BCUT2D eigenvalue weighted by atomic mass is 10.1. The molecular formula is C27H50O4. The Kier molecular flexibility index (Phi) is 25.2. The first-order valence-electron chi connectivity index (χ1n) is 12.5. The lowest BCUT2D eigenvalue weighted by molar-refractivity contribution is -0.139. The van der Waals surface area contributed by atoms with Gasteiger partial charge in [0, 0.05) is 11.6 Å². The molecule has 0 aliphatic heterocycles. The number of ether oxygens (including phenoxy) is 2. The number of rotatable bonds is 19. The van der Waals surface area contributed by atoms with Crippen LogP contribution in [-0.4, -0.2) is 25.2 Å². The van der Waals surface area contributed by atoms with E-state index in [0.29, 0.717) is 18.8 Å². The molecule has 0 aromatic carbocycles. The van der Waals surface area contributed by atoms with Crippen molar-refractivity contribution in [1.82, 2.24) is 0 Å². The molecule has 182 valence electrons. The topological polar surface area (TPSA) is 52.6 Å². The quantitative estimate of drug-likeness (QED) is 0.117. The van der Waals surface area contributed by atoms with E-state index in [1.807, 2.05) is 0 Å². The third-order valence-electron chi connectivity index (χ3n) is 4.92. The third-order valence-corrected chi connectivity index (χ3v) is 4.92. The largest absolute Gasteiger partial charge is 0.463 e. The Labute approximate surface area is 192 Å². The molecule has 0 amide bonds. The van der Waals surface area contributed by atoms with Crippen molar-refractivity contribution < 1.29 is 19.1 Å². The molecule has 4 heteroatoms. The van der Waals surface area contributed by atoms with Crippen molar-refractivity contribution >= 4 is 11.9 Å². The molecule has 0 rings (SSSR count). The molecular weight excluding hydrogens is 388 g/mol. The van der Waals surface area contributed by atoms with Crippen LogP contribution in [0.15, 0.2) is 24.8 Å². The van der Waals surface area contributed by atoms with Crippen LogP contribution in [0.2, 0.25) is 0 Å². The summed E-state index contributed by atoms with van der Waals surface area (Å²) in [7, 11) is 0. The maximum atomic E-state index is 11.0. The molecule has 0 radical (unpaired) electrons. The lowest BCUT2D eigenvalue weighted by Crippen LogP contribution is -2.06. The average molecular weight is 439 g/mol. The highest BCUT2D eigenvalue weighted by Crippen LogP contribution is 2.10. The molecule has 0 unspecified atom stereocenters. The highest BCUT2D eigenvalue weighted by atomic mass is 16.5. The van der Waals surface area contributed by atoms with Gasteiger partial charge in [-0.2, -0.15) is 0 Å². The Bertz CT molecular complexity index is 454. The minimum Gasteiger partial charge on any atom is -0.463 e. The molecule has 31 heavy (non-hydrogen) atoms. The van der Waals surface area contributed by atoms with Crippen molar-refractivity contribution in [3.05, 3.63) is 24.8 Å². The van der Waals surface area contributed by atoms with Gasteiger partial charge in [0.2, 0.25) is 0 Å². The first-order chi connectivity index (χ1) is 14.8. The van der Waals surface area contributed by atoms with Gasteiger partial charge in [0.25, 0.3) is 0 Å². The molecule has 4 nitrogen and oxygen atoms in total. The molecule has 0 aliphatic rings. The molecule has 0 N–H and O–H groups in total. The number of carbonyl (C=O) groups is 2. The van der Waals surface area contributed by atoms with Crippen molar-refractivity contribution in [1.29, 1.82) is 0 Å². The van der Waals surface area contributed by atoms with Crippen molar-refractivity contribution in [3.8, 4) is 0 Å². The highest BCUT2D eigenvalue weighted by Gasteiger charge is 2.02. The number of hydrogen-bond acceptors (Lipinski definition) is 4. The normalized spacial score (nSPS) is 10.2. The van der Waals surface area contributed by atoms with Crippen molar-refractivity contribution in [3.63, 3.8) is 0 Å². The second-order valence-corrected chi connectivity index (χ2v) is 8.71. The van der Waals surface area contributed by atoms with E-state index in [1.54, 1.807) is 6.92 Å². The zero-order valence-electron chi connectivity index (χ0n) is 21.0. The summed E-state index contributed by atoms with van der Waals surface area (Å²) in [5, 5.41) is 0. The monoisotopic (exact) mass is 438 g/mol. The molecule has 0 heterocycles. The van der Waals surface area contributed by atoms with E-state index in [1.165, 1.54) is 76.7 Å². The Balaban J connectivity index is 0. The van der Waals surface area contributed by atoms with Gasteiger partial charge >= 0.3 is 11.9 Å². The fourth-order valence-electron chi connectivity index (χ4n) is 2.94. The van der Waals surface area contributed by atoms with Gasteiger partial charge in [0.15, 0.2) is 0 Å². The minimum atomic E-state index is -0.305. The summed E-state index contributed by atoms with van der Waals surface area (Å²) < 4.78 is 9.88. The zero-order valence-corrected chi connectivity index (χ0v) is 21.0. The van der Waals surface area contributed by atoms with Crippen LogP contribution >= 0.6 is 0 Å². The summed E-state index contributed by atoms with van der Waals surface area (Å²) in [6.07, 6.45) is 18.8. The summed E-state index contributed by atoms with van der Waals surface area (Å²) in [6, 6.07) is 0. The van der Waals surface area contributed by atoms with E-state index in [4.69, 9.17) is 9.47 Å². The van der Waals surface area contributed by atoms with Crippen LogP contribution in [0.3, 0.4) is 0 Å². The Morgan fingerprint density at radius 3 is 1.68 bits per heavy atom. The van der Waals surface area contributed by atoms with Gasteiger partial charge in [-0.05, 0) is 25.7 Å². The van der Waals surface area contributed by atoms with Crippen LogP contribution in [0.25, 0.3) is 0 Å². The van der Waals surface area contributed by atoms with Crippen LogP contribution in [0.1, 0.15) is 118 Å². The molecule has 0 fully saturated rings. The number of unbranched alkanes of at least 4 members (excludes halogenated alkanes) is 11. The molecule has 0 aromatic rings. The van der Waals surface area contributed by atoms with E-state index in [-0.39, 0.29) is 11.9 Å². The fourth-order valence-corrected chi connectivity index (χ4v) is 2.94. The SMILES string of the molecule is C=C(C)C(=O)OCCCCCC(C)C.C=CC(=O)OCCCCCCCCCCCC. The van der Waals surface area contributed by atoms with Gasteiger partial charge in [-0.15, -0.1) is 0 Å². The van der Waals surface area contributed by atoms with E-state index < -0.39 is 0 Å². The molecule has 0 saturated heterocycles. The predicted octanol–water partition coefficient (Wildman–Crippen LogP) is 7.96. The fraction of sp³-hybridized carbons (Fsp3) is 0.778. The Morgan fingerprint density at radius 1 is 0.774 bits per heavy atom. The summed E-state index contributed by atoms with van der Waals surface area (Å²) >= 11 is 0. The van der Waals surface area contributed by atoms with Gasteiger partial charge in [0.05, 0.1) is 13.2 Å². The van der Waals surface area contributed by atoms with E-state index in [9.17, 15) is 9.59 Å². The summed E-state index contributed by atoms with van der Waals surface area (Å²) in [5.41, 5.74) is 0.479. The lowest BCUT2D eigenvalue weighted by Gasteiger charge is -2.05. The predicted molar refractivity (Wildman–Crippen MR) is 132 cm³/mol. The Morgan fingerprint density at radius 2 is 1.23 bits per heavy atom. The maximum Gasteiger partial charge on any atom is 0.333 e. The maximum absolute atomic E-state index is 11.0. The molecule has 0 aromatic heterocycles. The van der Waals surface area contributed by atoms with Gasteiger partial charge in [-0.3, -0.25) is 0 Å². The molecule has 0 atom stereocenters. The van der Waals surface area contributed by atoms with Gasteiger partial charge in [-0.1, -0.05) is 111 Å². The van der Waals surface area contributed by atoms with Crippen LogP contribution < -0.4 is 0 Å². The summed E-state index contributed by atoms with van der Waals surface area (Å²) in [6.45, 7) is 16.3. The van der Waals surface area contributed by atoms with Crippen molar-refractivity contribution in [2.24, 2.45) is 5.92 Å². The number of hydrogen-bond donors (Lipinski definition) is 0. The van der Waals surface area contributed by atoms with E-state index in [0.717, 1.165) is 25.2 Å². The molecule has 0 aliphatic carbocycles. The smallest absolute Gasteiger partial charge is 0.333 e. The first kappa shape index (κ1) is 31.6. The zero-order chi connectivity index (χ0) is 23.7. The number of carbonyl (C=O) groups excluding carboxylic acids is 2. The van der Waals surface area contributed by atoms with Crippen LogP contribution in [-0.2, 0) is 19.1 Å². The molecule has 0 bridgehead atoms. The van der Waals surface area contributed by atoms with Crippen molar-refractivity contribution in [2.75, 3.05) is 13.2 Å². The van der Waals surface area contributed by atoms with Crippen LogP contribution in [0, 0.1) is 5.92 Å². The third kappa shape index (κ3) is 28.4. The van der Waals surface area contributed by atoms with Crippen LogP contribution in [0.5, 0.6) is 0 Å². The second-order valence-electron chi connectivity index (χ2n) is 8.71. The summed E-state index contributed by atoms with van der Waals surface area (Å²) in [5.74, 6) is 0.197. The van der Waals surface area contributed by atoms with Crippen LogP contribution in [0.4, 0.5) is 0 Å². The van der Waals surface area contributed by atoms with Gasteiger partial charge in [-0.25, -0.2) is 9.59 Å². The van der Waals surface area contributed by atoms with Gasteiger partial charge < -0.3 is 9.47 Å². The first-order valence-corrected chi connectivity index (χ1v) is 12.5. The molecule has 0 spiro atoms. The highest BCUT2D eigenvalue weighted by molar-refractivity contribution is 5.86. The number of esters is 2. The van der Waals surface area contributed by atoms with Crippen molar-refractivity contribution in [2.45, 2.75) is 118 Å². The van der Waals surface area contributed by atoms with E-state index in [2.05, 4.69) is 33.9 Å². The van der Waals surface area contributed by atoms with Gasteiger partial charge in [0.1, 0.15) is 0 Å².